The molecule has 0 spiro atoms. The number of benzene rings is 1. The third-order valence-corrected chi connectivity index (χ3v) is 3.34. The van der Waals surface area contributed by atoms with Crippen LogP contribution in [-0.4, -0.2) is 35.1 Å². The smallest absolute Gasteiger partial charge is 0.271 e. The van der Waals surface area contributed by atoms with Gasteiger partial charge in [-0.05, 0) is 25.0 Å². The zero-order chi connectivity index (χ0) is 15.2. The molecule has 0 aliphatic carbocycles. The number of rotatable bonds is 5. The van der Waals surface area contributed by atoms with Crippen molar-refractivity contribution in [2.24, 2.45) is 0 Å². The van der Waals surface area contributed by atoms with E-state index in [1.807, 2.05) is 30.3 Å². The highest BCUT2D eigenvalue weighted by atomic mass is 16.5. The van der Waals surface area contributed by atoms with Crippen LogP contribution >= 0.6 is 0 Å². The van der Waals surface area contributed by atoms with E-state index >= 15 is 0 Å². The molecule has 0 saturated carbocycles. The molecule has 2 aromatic rings. The lowest BCUT2D eigenvalue weighted by Gasteiger charge is -2.10. The van der Waals surface area contributed by atoms with Gasteiger partial charge in [0.15, 0.2) is 0 Å². The van der Waals surface area contributed by atoms with Gasteiger partial charge in [0.2, 0.25) is 5.88 Å². The summed E-state index contributed by atoms with van der Waals surface area (Å²) in [6, 6.07) is 9.29. The van der Waals surface area contributed by atoms with Crippen LogP contribution in [0.15, 0.2) is 42.7 Å². The van der Waals surface area contributed by atoms with Crippen LogP contribution < -0.4 is 10.1 Å². The minimum absolute atomic E-state index is 0.109. The van der Waals surface area contributed by atoms with Gasteiger partial charge in [0.05, 0.1) is 18.5 Å². The molecule has 1 aliphatic heterocycles. The summed E-state index contributed by atoms with van der Waals surface area (Å²) in [6.45, 7) is 1.27. The summed E-state index contributed by atoms with van der Waals surface area (Å²) >= 11 is 0. The van der Waals surface area contributed by atoms with E-state index in [4.69, 9.17) is 9.47 Å². The van der Waals surface area contributed by atoms with Gasteiger partial charge in [-0.15, -0.1) is 0 Å². The van der Waals surface area contributed by atoms with E-state index in [1.54, 1.807) is 0 Å². The van der Waals surface area contributed by atoms with Crippen LogP contribution in [0.1, 0.15) is 23.3 Å². The Balaban J connectivity index is 1.55. The number of amides is 1. The number of nitrogens with one attached hydrogen (secondary N) is 1. The van der Waals surface area contributed by atoms with Crippen LogP contribution in [-0.2, 0) is 4.74 Å². The average molecular weight is 299 g/mol. The summed E-state index contributed by atoms with van der Waals surface area (Å²) in [7, 11) is 0. The molecule has 22 heavy (non-hydrogen) atoms. The van der Waals surface area contributed by atoms with Crippen LogP contribution in [0.4, 0.5) is 0 Å². The topological polar surface area (TPSA) is 73.3 Å². The van der Waals surface area contributed by atoms with E-state index in [0.29, 0.717) is 18.2 Å². The highest BCUT2D eigenvalue weighted by Gasteiger charge is 2.17. The summed E-state index contributed by atoms with van der Waals surface area (Å²) < 4.78 is 11.0. The molecule has 1 aromatic heterocycles. The number of carbonyl (C=O) groups is 1. The molecular weight excluding hydrogens is 282 g/mol. The Morgan fingerprint density at radius 3 is 2.82 bits per heavy atom. The number of hydrogen-bond acceptors (Lipinski definition) is 5. The number of nitrogens with zero attached hydrogens (tertiary/aromatic N) is 2. The van der Waals surface area contributed by atoms with Crippen LogP contribution in [0, 0.1) is 0 Å². The van der Waals surface area contributed by atoms with Gasteiger partial charge in [-0.1, -0.05) is 18.2 Å². The maximum atomic E-state index is 12.0. The molecule has 0 bridgehead atoms. The first-order valence-corrected chi connectivity index (χ1v) is 7.26. The molecular formula is C16H17N3O3. The van der Waals surface area contributed by atoms with E-state index in [1.165, 1.54) is 12.4 Å². The third-order valence-electron chi connectivity index (χ3n) is 3.34. The summed E-state index contributed by atoms with van der Waals surface area (Å²) in [6.07, 6.45) is 4.98. The molecule has 114 valence electrons. The van der Waals surface area contributed by atoms with E-state index in [9.17, 15) is 4.79 Å². The van der Waals surface area contributed by atoms with Gasteiger partial charge < -0.3 is 14.8 Å². The van der Waals surface area contributed by atoms with Gasteiger partial charge in [0.25, 0.3) is 5.91 Å². The molecule has 6 nitrogen and oxygen atoms in total. The Bertz CT molecular complexity index is 610. The largest absolute Gasteiger partial charge is 0.438 e. The zero-order valence-electron chi connectivity index (χ0n) is 12.1. The Hall–Kier alpha value is -2.47. The SMILES string of the molecule is O=C(NCC1CCCO1)c1cnc(Oc2ccccc2)cn1. The molecule has 2 heterocycles. The van der Waals surface area contributed by atoms with Crippen LogP contribution in [0.25, 0.3) is 0 Å². The summed E-state index contributed by atoms with van der Waals surface area (Å²) in [5.41, 5.74) is 0.262. The van der Waals surface area contributed by atoms with Crippen molar-refractivity contribution >= 4 is 5.91 Å². The number of carbonyl (C=O) groups excluding carboxylic acids is 1. The fraction of sp³-hybridized carbons (Fsp3) is 0.312. The molecule has 1 aliphatic rings. The van der Waals surface area contributed by atoms with Crippen LogP contribution in [0.2, 0.25) is 0 Å². The first-order chi connectivity index (χ1) is 10.8. The number of para-hydroxylation sites is 1. The lowest BCUT2D eigenvalue weighted by Crippen LogP contribution is -2.32. The van der Waals surface area contributed by atoms with Crippen LogP contribution in [0.5, 0.6) is 11.6 Å². The number of hydrogen-bond donors (Lipinski definition) is 1. The summed E-state index contributed by atoms with van der Waals surface area (Å²) in [4.78, 5) is 20.1. The second kappa shape index (κ2) is 7.00. The van der Waals surface area contributed by atoms with Crippen molar-refractivity contribution in [3.05, 3.63) is 48.4 Å². The molecule has 0 radical (unpaired) electrons. The van der Waals surface area contributed by atoms with E-state index < -0.39 is 0 Å². The second-order valence-corrected chi connectivity index (χ2v) is 5.00. The zero-order valence-corrected chi connectivity index (χ0v) is 12.1. The Morgan fingerprint density at radius 1 is 1.27 bits per heavy atom. The van der Waals surface area contributed by atoms with Crippen molar-refractivity contribution in [2.75, 3.05) is 13.2 Å². The van der Waals surface area contributed by atoms with Crippen molar-refractivity contribution in [3.63, 3.8) is 0 Å². The van der Waals surface area contributed by atoms with E-state index in [0.717, 1.165) is 19.4 Å². The monoisotopic (exact) mass is 299 g/mol. The Morgan fingerprint density at radius 2 is 2.14 bits per heavy atom. The normalized spacial score (nSPS) is 17.2. The molecule has 1 fully saturated rings. The predicted octanol–water partition coefficient (Wildman–Crippen LogP) is 2.18. The first-order valence-electron chi connectivity index (χ1n) is 7.26. The number of aromatic nitrogens is 2. The van der Waals surface area contributed by atoms with Crippen LogP contribution in [0.3, 0.4) is 0 Å². The molecule has 3 rings (SSSR count). The van der Waals surface area contributed by atoms with Crippen molar-refractivity contribution in [1.29, 1.82) is 0 Å². The van der Waals surface area contributed by atoms with Crippen molar-refractivity contribution in [3.8, 4) is 11.6 Å². The molecule has 1 N–H and O–H groups in total. The lowest BCUT2D eigenvalue weighted by molar-refractivity contribution is 0.0853. The Kier molecular flexibility index (Phi) is 4.60. The van der Waals surface area contributed by atoms with Gasteiger partial charge in [-0.2, -0.15) is 0 Å². The van der Waals surface area contributed by atoms with Crippen molar-refractivity contribution < 1.29 is 14.3 Å². The number of ether oxygens (including phenoxy) is 2. The fourth-order valence-electron chi connectivity index (χ4n) is 2.20. The predicted molar refractivity (Wildman–Crippen MR) is 79.9 cm³/mol. The van der Waals surface area contributed by atoms with E-state index in [-0.39, 0.29) is 17.7 Å². The Labute approximate surface area is 128 Å². The molecule has 1 amide bonds. The summed E-state index contributed by atoms with van der Waals surface area (Å²) in [5, 5.41) is 2.80. The van der Waals surface area contributed by atoms with Gasteiger partial charge in [0.1, 0.15) is 11.4 Å². The average Bonchev–Trinajstić information content (AvgIpc) is 3.08. The molecule has 1 unspecified atom stereocenters. The second-order valence-electron chi connectivity index (χ2n) is 5.00. The fourth-order valence-corrected chi connectivity index (χ4v) is 2.20. The molecule has 1 atom stereocenters. The lowest BCUT2D eigenvalue weighted by atomic mass is 10.2. The molecule has 1 aromatic carbocycles. The van der Waals surface area contributed by atoms with Gasteiger partial charge >= 0.3 is 0 Å². The highest BCUT2D eigenvalue weighted by molar-refractivity contribution is 5.91. The third kappa shape index (κ3) is 3.79. The standard InChI is InChI=1S/C16H17N3O3/c20-16(19-9-13-7-4-8-21-13)14-10-18-15(11-17-14)22-12-5-2-1-3-6-12/h1-3,5-6,10-11,13H,4,7-9H2,(H,19,20). The van der Waals surface area contributed by atoms with Gasteiger partial charge in [-0.25, -0.2) is 9.97 Å². The van der Waals surface area contributed by atoms with E-state index in [2.05, 4.69) is 15.3 Å². The van der Waals surface area contributed by atoms with Gasteiger partial charge in [-0.3, -0.25) is 4.79 Å². The summed E-state index contributed by atoms with van der Waals surface area (Å²) in [5.74, 6) is 0.767. The quantitative estimate of drug-likeness (QED) is 0.916. The maximum absolute atomic E-state index is 12.0. The van der Waals surface area contributed by atoms with Crippen molar-refractivity contribution in [2.45, 2.75) is 18.9 Å². The molecule has 1 saturated heterocycles. The minimum atomic E-state index is -0.255. The molecule has 6 heteroatoms. The minimum Gasteiger partial charge on any atom is -0.438 e. The maximum Gasteiger partial charge on any atom is 0.271 e. The van der Waals surface area contributed by atoms with Gasteiger partial charge in [0, 0.05) is 13.2 Å². The first kappa shape index (κ1) is 14.5. The highest BCUT2D eigenvalue weighted by Crippen LogP contribution is 2.17. The van der Waals surface area contributed by atoms with Crippen molar-refractivity contribution in [1.82, 2.24) is 15.3 Å².